The molecular weight excluding hydrogens is 212 g/mol. The fourth-order valence-electron chi connectivity index (χ4n) is 1.09. The molecule has 4 heteroatoms. The molecule has 1 rings (SSSR count). The molecule has 15 heavy (non-hydrogen) atoms. The lowest BCUT2D eigenvalue weighted by Crippen LogP contribution is -2.05. The number of carbonyl (C=O) groups is 1. The molecule has 0 heterocycles. The van der Waals surface area contributed by atoms with E-state index in [1.54, 1.807) is 0 Å². The monoisotopic (exact) mass is 226 g/mol. The van der Waals surface area contributed by atoms with Crippen LogP contribution in [0, 0.1) is 6.92 Å². The molecule has 0 bridgehead atoms. The highest BCUT2D eigenvalue weighted by molar-refractivity contribution is 7.99. The Morgan fingerprint density at radius 1 is 1.47 bits per heavy atom. The Bertz CT molecular complexity index is 325. The Balaban J connectivity index is 2.21. The smallest absolute Gasteiger partial charge is 0.313 e. The zero-order valence-electron chi connectivity index (χ0n) is 8.60. The molecule has 1 aromatic carbocycles. The number of carboxylic acids is 1. The molecule has 0 aliphatic rings. The average molecular weight is 226 g/mol. The number of carboxylic acid groups (broad SMARTS) is 1. The topological polar surface area (TPSA) is 46.5 Å². The SMILES string of the molecule is Cc1ccccc1OCCSCC(=O)O. The van der Waals surface area contributed by atoms with E-state index in [1.165, 1.54) is 11.8 Å². The first-order valence-corrected chi connectivity index (χ1v) is 5.83. The molecule has 1 N–H and O–H groups in total. The first kappa shape index (κ1) is 11.9. The summed E-state index contributed by atoms with van der Waals surface area (Å²) in [6, 6.07) is 7.78. The van der Waals surface area contributed by atoms with E-state index in [1.807, 2.05) is 31.2 Å². The van der Waals surface area contributed by atoms with Crippen LogP contribution in [0.3, 0.4) is 0 Å². The van der Waals surface area contributed by atoms with Gasteiger partial charge in [0.05, 0.1) is 12.4 Å². The predicted molar refractivity (Wildman–Crippen MR) is 61.6 cm³/mol. The number of hydrogen-bond acceptors (Lipinski definition) is 3. The van der Waals surface area contributed by atoms with Crippen LogP contribution in [0.1, 0.15) is 5.56 Å². The van der Waals surface area contributed by atoms with Gasteiger partial charge >= 0.3 is 5.97 Å². The molecule has 0 fully saturated rings. The summed E-state index contributed by atoms with van der Waals surface area (Å²) in [5.41, 5.74) is 1.10. The van der Waals surface area contributed by atoms with Gasteiger partial charge in [-0.25, -0.2) is 0 Å². The van der Waals surface area contributed by atoms with Gasteiger partial charge in [-0.2, -0.15) is 0 Å². The second-order valence-corrected chi connectivity index (χ2v) is 4.17. The molecule has 1 aromatic rings. The molecule has 0 saturated heterocycles. The quantitative estimate of drug-likeness (QED) is 0.755. The highest BCUT2D eigenvalue weighted by atomic mass is 32.2. The third-order valence-corrected chi connectivity index (χ3v) is 2.71. The molecule has 0 unspecified atom stereocenters. The van der Waals surface area contributed by atoms with Gasteiger partial charge in [0.25, 0.3) is 0 Å². The van der Waals surface area contributed by atoms with Crippen molar-refractivity contribution in [2.45, 2.75) is 6.92 Å². The number of aryl methyl sites for hydroxylation is 1. The number of benzene rings is 1. The third kappa shape index (κ3) is 4.74. The summed E-state index contributed by atoms with van der Waals surface area (Å²) < 4.78 is 5.50. The second-order valence-electron chi connectivity index (χ2n) is 3.06. The minimum absolute atomic E-state index is 0.136. The molecule has 0 aliphatic carbocycles. The van der Waals surface area contributed by atoms with Crippen molar-refractivity contribution in [2.24, 2.45) is 0 Å². The highest BCUT2D eigenvalue weighted by Gasteiger charge is 1.99. The van der Waals surface area contributed by atoms with Crippen LogP contribution in [0.5, 0.6) is 5.75 Å². The third-order valence-electron chi connectivity index (χ3n) is 1.80. The van der Waals surface area contributed by atoms with Gasteiger partial charge in [0.1, 0.15) is 5.75 Å². The number of para-hydroxylation sites is 1. The van der Waals surface area contributed by atoms with E-state index < -0.39 is 5.97 Å². The lowest BCUT2D eigenvalue weighted by Gasteiger charge is -2.07. The lowest BCUT2D eigenvalue weighted by atomic mass is 10.2. The number of aliphatic carboxylic acids is 1. The first-order valence-electron chi connectivity index (χ1n) is 4.68. The van der Waals surface area contributed by atoms with Crippen LogP contribution in [-0.4, -0.2) is 29.2 Å². The fourth-order valence-corrected chi connectivity index (χ4v) is 1.61. The van der Waals surface area contributed by atoms with Crippen molar-refractivity contribution in [3.63, 3.8) is 0 Å². The van der Waals surface area contributed by atoms with E-state index in [4.69, 9.17) is 9.84 Å². The van der Waals surface area contributed by atoms with E-state index in [-0.39, 0.29) is 5.75 Å². The van der Waals surface area contributed by atoms with Crippen molar-refractivity contribution in [1.29, 1.82) is 0 Å². The molecular formula is C11H14O3S. The first-order chi connectivity index (χ1) is 7.20. The van der Waals surface area contributed by atoms with Gasteiger partial charge < -0.3 is 9.84 Å². The summed E-state index contributed by atoms with van der Waals surface area (Å²) in [5.74, 6) is 0.918. The molecule has 82 valence electrons. The minimum Gasteiger partial charge on any atom is -0.492 e. The molecule has 3 nitrogen and oxygen atoms in total. The van der Waals surface area contributed by atoms with Crippen LogP contribution in [0.2, 0.25) is 0 Å². The summed E-state index contributed by atoms with van der Waals surface area (Å²) in [7, 11) is 0. The maximum atomic E-state index is 10.2. The Morgan fingerprint density at radius 3 is 2.87 bits per heavy atom. The summed E-state index contributed by atoms with van der Waals surface area (Å²) in [5, 5.41) is 8.41. The van der Waals surface area contributed by atoms with Crippen LogP contribution in [0.15, 0.2) is 24.3 Å². The van der Waals surface area contributed by atoms with Crippen LogP contribution >= 0.6 is 11.8 Å². The molecule has 0 radical (unpaired) electrons. The Labute approximate surface area is 93.4 Å². The summed E-state index contributed by atoms with van der Waals surface area (Å²) in [6.07, 6.45) is 0. The van der Waals surface area contributed by atoms with Gasteiger partial charge in [0, 0.05) is 5.75 Å². The van der Waals surface area contributed by atoms with Crippen molar-refractivity contribution in [1.82, 2.24) is 0 Å². The van der Waals surface area contributed by atoms with E-state index in [0.717, 1.165) is 11.3 Å². The highest BCUT2D eigenvalue weighted by Crippen LogP contribution is 2.16. The van der Waals surface area contributed by atoms with Crippen LogP contribution in [0.25, 0.3) is 0 Å². The maximum Gasteiger partial charge on any atom is 0.313 e. The molecule has 0 aromatic heterocycles. The van der Waals surface area contributed by atoms with E-state index >= 15 is 0 Å². The molecule has 0 aliphatic heterocycles. The van der Waals surface area contributed by atoms with Crippen molar-refractivity contribution in [3.8, 4) is 5.75 Å². The van der Waals surface area contributed by atoms with Gasteiger partial charge in [-0.1, -0.05) is 18.2 Å². The van der Waals surface area contributed by atoms with E-state index in [0.29, 0.717) is 12.4 Å². The van der Waals surface area contributed by atoms with Crippen LogP contribution in [-0.2, 0) is 4.79 Å². The summed E-state index contributed by atoms with van der Waals surface area (Å²) >= 11 is 1.36. The lowest BCUT2D eigenvalue weighted by molar-refractivity contribution is -0.133. The Hall–Kier alpha value is -1.16. The summed E-state index contributed by atoms with van der Waals surface area (Å²) in [6.45, 7) is 2.53. The van der Waals surface area contributed by atoms with Crippen molar-refractivity contribution >= 4 is 17.7 Å². The number of rotatable bonds is 6. The fraction of sp³-hybridized carbons (Fsp3) is 0.364. The van der Waals surface area contributed by atoms with Crippen molar-refractivity contribution in [3.05, 3.63) is 29.8 Å². The average Bonchev–Trinajstić information content (AvgIpc) is 2.20. The predicted octanol–water partition coefficient (Wildman–Crippen LogP) is 2.19. The largest absolute Gasteiger partial charge is 0.492 e. The minimum atomic E-state index is -0.782. The number of hydrogen-bond donors (Lipinski definition) is 1. The van der Waals surface area contributed by atoms with Gasteiger partial charge in [-0.15, -0.1) is 11.8 Å². The second kappa shape index (κ2) is 6.35. The van der Waals surface area contributed by atoms with Gasteiger partial charge in [-0.3, -0.25) is 4.79 Å². The van der Waals surface area contributed by atoms with Crippen molar-refractivity contribution in [2.75, 3.05) is 18.1 Å². The Kier molecular flexibility index (Phi) is 5.04. The standard InChI is InChI=1S/C11H14O3S/c1-9-4-2-3-5-10(9)14-6-7-15-8-11(12)13/h2-5H,6-8H2,1H3,(H,12,13). The number of ether oxygens (including phenoxy) is 1. The van der Waals surface area contributed by atoms with Crippen molar-refractivity contribution < 1.29 is 14.6 Å². The van der Waals surface area contributed by atoms with Crippen LogP contribution < -0.4 is 4.74 Å². The Morgan fingerprint density at radius 2 is 2.20 bits per heavy atom. The zero-order valence-corrected chi connectivity index (χ0v) is 9.42. The van der Waals surface area contributed by atoms with Gasteiger partial charge in [0.15, 0.2) is 0 Å². The molecule has 0 atom stereocenters. The number of thioether (sulfide) groups is 1. The summed E-state index contributed by atoms with van der Waals surface area (Å²) in [4.78, 5) is 10.2. The molecule has 0 spiro atoms. The maximum absolute atomic E-state index is 10.2. The van der Waals surface area contributed by atoms with E-state index in [9.17, 15) is 4.79 Å². The zero-order chi connectivity index (χ0) is 11.1. The molecule has 0 saturated carbocycles. The van der Waals surface area contributed by atoms with Crippen LogP contribution in [0.4, 0.5) is 0 Å². The van der Waals surface area contributed by atoms with E-state index in [2.05, 4.69) is 0 Å². The normalized spacial score (nSPS) is 9.93. The van der Waals surface area contributed by atoms with Gasteiger partial charge in [-0.05, 0) is 18.6 Å². The van der Waals surface area contributed by atoms with Gasteiger partial charge in [0.2, 0.25) is 0 Å². The molecule has 0 amide bonds.